The van der Waals surface area contributed by atoms with Crippen molar-refractivity contribution in [1.82, 2.24) is 5.32 Å². The molecule has 5 nitrogen and oxygen atoms in total. The van der Waals surface area contributed by atoms with Gasteiger partial charge < -0.3 is 10.1 Å². The molecule has 1 amide bonds. The average Bonchev–Trinajstić information content (AvgIpc) is 2.42. The zero-order chi connectivity index (χ0) is 11.5. The van der Waals surface area contributed by atoms with E-state index in [0.717, 1.165) is 0 Å². The molecule has 1 rings (SSSR count). The van der Waals surface area contributed by atoms with Gasteiger partial charge in [-0.2, -0.15) is 0 Å². The molecular weight excluding hydrogens is 218 g/mol. The number of rotatable bonds is 4. The van der Waals surface area contributed by atoms with E-state index in [2.05, 4.69) is 5.32 Å². The van der Waals surface area contributed by atoms with Crippen molar-refractivity contribution in [2.24, 2.45) is 0 Å². The van der Waals surface area contributed by atoms with E-state index in [0.29, 0.717) is 6.42 Å². The molecule has 0 radical (unpaired) electrons. The van der Waals surface area contributed by atoms with E-state index in [-0.39, 0.29) is 36.2 Å². The fraction of sp³-hybridized carbons (Fsp3) is 0.889. The van der Waals surface area contributed by atoms with Crippen molar-refractivity contribution in [3.05, 3.63) is 0 Å². The minimum absolute atomic E-state index is 0.00283. The monoisotopic (exact) mass is 235 g/mol. The third-order valence-corrected chi connectivity index (χ3v) is 3.91. The summed E-state index contributed by atoms with van der Waals surface area (Å²) in [6.07, 6.45) is 0.513. The molecule has 0 aromatic heterocycles. The average molecular weight is 235 g/mol. The second-order valence-corrected chi connectivity index (χ2v) is 6.26. The fourth-order valence-corrected chi connectivity index (χ4v) is 3.09. The summed E-state index contributed by atoms with van der Waals surface area (Å²) >= 11 is 0. The first-order valence-corrected chi connectivity index (χ1v) is 6.82. The Bertz CT molecular complexity index is 323. The number of amides is 1. The largest absolute Gasteiger partial charge is 0.369 e. The van der Waals surface area contributed by atoms with Gasteiger partial charge in [0, 0.05) is 6.04 Å². The third kappa shape index (κ3) is 4.61. The van der Waals surface area contributed by atoms with E-state index in [1.165, 1.54) is 0 Å². The molecule has 0 aromatic rings. The van der Waals surface area contributed by atoms with Crippen molar-refractivity contribution < 1.29 is 17.9 Å². The maximum Gasteiger partial charge on any atom is 0.246 e. The molecule has 1 aliphatic rings. The number of ether oxygens (including phenoxy) is 1. The molecule has 0 saturated carbocycles. The topological polar surface area (TPSA) is 72.5 Å². The standard InChI is InChI=1S/C9H17NO4S/c1-7(2)14-5-9(11)10-8-3-4-15(12,13)6-8/h7-8H,3-6H2,1-2H3,(H,10,11). The maximum absolute atomic E-state index is 11.3. The quantitative estimate of drug-likeness (QED) is 0.727. The number of hydrogen-bond acceptors (Lipinski definition) is 4. The molecule has 6 heteroatoms. The smallest absolute Gasteiger partial charge is 0.246 e. The van der Waals surface area contributed by atoms with Gasteiger partial charge in [0.15, 0.2) is 9.84 Å². The second kappa shape index (κ2) is 4.94. The minimum Gasteiger partial charge on any atom is -0.369 e. The Labute approximate surface area is 90.1 Å². The van der Waals surface area contributed by atoms with Crippen molar-refractivity contribution in [1.29, 1.82) is 0 Å². The molecule has 1 N–H and O–H groups in total. The lowest BCUT2D eigenvalue weighted by Gasteiger charge is -2.12. The van der Waals surface area contributed by atoms with Crippen LogP contribution in [0.4, 0.5) is 0 Å². The van der Waals surface area contributed by atoms with Gasteiger partial charge in [0.1, 0.15) is 6.61 Å². The van der Waals surface area contributed by atoms with Crippen molar-refractivity contribution in [2.45, 2.75) is 32.4 Å². The normalized spacial score (nSPS) is 24.3. The van der Waals surface area contributed by atoms with Crippen LogP contribution in [0.25, 0.3) is 0 Å². The molecule has 88 valence electrons. The van der Waals surface area contributed by atoms with Crippen molar-refractivity contribution in [2.75, 3.05) is 18.1 Å². The predicted octanol–water partition coefficient (Wildman–Crippen LogP) is -0.285. The molecule has 15 heavy (non-hydrogen) atoms. The van der Waals surface area contributed by atoms with Gasteiger partial charge in [-0.25, -0.2) is 8.42 Å². The SMILES string of the molecule is CC(C)OCC(=O)NC1CCS(=O)(=O)C1. The lowest BCUT2D eigenvalue weighted by atomic mass is 10.2. The first kappa shape index (κ1) is 12.4. The van der Waals surface area contributed by atoms with E-state index < -0.39 is 9.84 Å². The number of hydrogen-bond donors (Lipinski definition) is 1. The predicted molar refractivity (Wildman–Crippen MR) is 56.3 cm³/mol. The van der Waals surface area contributed by atoms with Crippen LogP contribution in [0.15, 0.2) is 0 Å². The van der Waals surface area contributed by atoms with Crippen molar-refractivity contribution in [3.8, 4) is 0 Å². The molecule has 1 heterocycles. The Kier molecular flexibility index (Phi) is 4.10. The summed E-state index contributed by atoms with van der Waals surface area (Å²) in [6, 6.07) is -0.238. The summed E-state index contributed by atoms with van der Waals surface area (Å²) in [4.78, 5) is 11.3. The van der Waals surface area contributed by atoms with E-state index in [4.69, 9.17) is 4.74 Å². The Morgan fingerprint density at radius 3 is 2.67 bits per heavy atom. The van der Waals surface area contributed by atoms with Gasteiger partial charge in [-0.1, -0.05) is 0 Å². The van der Waals surface area contributed by atoms with Crippen LogP contribution in [0.1, 0.15) is 20.3 Å². The Hall–Kier alpha value is -0.620. The third-order valence-electron chi connectivity index (χ3n) is 2.15. The Morgan fingerprint density at radius 1 is 1.53 bits per heavy atom. The molecule has 1 atom stereocenters. The summed E-state index contributed by atoms with van der Waals surface area (Å²) in [5.74, 6) is -0.0190. The van der Waals surface area contributed by atoms with Crippen LogP contribution in [0.3, 0.4) is 0 Å². The van der Waals surface area contributed by atoms with Crippen molar-refractivity contribution in [3.63, 3.8) is 0 Å². The lowest BCUT2D eigenvalue weighted by Crippen LogP contribution is -2.38. The van der Waals surface area contributed by atoms with Crippen LogP contribution < -0.4 is 5.32 Å². The molecule has 0 aromatic carbocycles. The van der Waals surface area contributed by atoms with Gasteiger partial charge in [-0.05, 0) is 20.3 Å². The van der Waals surface area contributed by atoms with Gasteiger partial charge in [0.2, 0.25) is 5.91 Å². The van der Waals surface area contributed by atoms with Gasteiger partial charge in [-0.3, -0.25) is 4.79 Å². The fourth-order valence-electron chi connectivity index (χ4n) is 1.42. The number of carbonyl (C=O) groups excluding carboxylic acids is 1. The van der Waals surface area contributed by atoms with Gasteiger partial charge in [0.25, 0.3) is 0 Å². The highest BCUT2D eigenvalue weighted by atomic mass is 32.2. The lowest BCUT2D eigenvalue weighted by molar-refractivity contribution is -0.127. The van der Waals surface area contributed by atoms with Crippen LogP contribution >= 0.6 is 0 Å². The molecule has 1 unspecified atom stereocenters. The number of nitrogens with one attached hydrogen (secondary N) is 1. The summed E-state index contributed by atoms with van der Waals surface area (Å²) in [7, 11) is -2.93. The molecule has 1 aliphatic heterocycles. The second-order valence-electron chi connectivity index (χ2n) is 4.03. The highest BCUT2D eigenvalue weighted by molar-refractivity contribution is 7.91. The van der Waals surface area contributed by atoms with Gasteiger partial charge in [-0.15, -0.1) is 0 Å². The molecule has 0 aliphatic carbocycles. The van der Waals surface area contributed by atoms with Crippen LogP contribution in [0.2, 0.25) is 0 Å². The molecule has 0 bridgehead atoms. The first-order chi connectivity index (χ1) is 6.89. The van der Waals surface area contributed by atoms with E-state index in [9.17, 15) is 13.2 Å². The van der Waals surface area contributed by atoms with Gasteiger partial charge in [0.05, 0.1) is 17.6 Å². The molecule has 1 fully saturated rings. The van der Waals surface area contributed by atoms with Crippen molar-refractivity contribution >= 4 is 15.7 Å². The summed E-state index contributed by atoms with van der Waals surface area (Å²) < 4.78 is 27.3. The summed E-state index contributed by atoms with van der Waals surface area (Å²) in [5.41, 5.74) is 0. The Balaban J connectivity index is 2.28. The molecular formula is C9H17NO4S. The first-order valence-electron chi connectivity index (χ1n) is 5.00. The van der Waals surface area contributed by atoms with Crippen LogP contribution in [-0.2, 0) is 19.4 Å². The number of sulfone groups is 1. The number of carbonyl (C=O) groups is 1. The van der Waals surface area contributed by atoms with Gasteiger partial charge >= 0.3 is 0 Å². The maximum atomic E-state index is 11.3. The highest BCUT2D eigenvalue weighted by Crippen LogP contribution is 2.10. The summed E-state index contributed by atoms with van der Waals surface area (Å²) in [6.45, 7) is 3.68. The minimum atomic E-state index is -2.93. The zero-order valence-electron chi connectivity index (χ0n) is 9.02. The zero-order valence-corrected chi connectivity index (χ0v) is 9.84. The molecule has 0 spiro atoms. The van der Waals surface area contributed by atoms with E-state index >= 15 is 0 Å². The van der Waals surface area contributed by atoms with E-state index in [1.807, 2.05) is 13.8 Å². The Morgan fingerprint density at radius 2 is 2.20 bits per heavy atom. The van der Waals surface area contributed by atoms with Crippen LogP contribution in [0, 0.1) is 0 Å². The van der Waals surface area contributed by atoms with Crippen LogP contribution in [0.5, 0.6) is 0 Å². The summed E-state index contributed by atoms with van der Waals surface area (Å²) in [5, 5.41) is 2.65. The highest BCUT2D eigenvalue weighted by Gasteiger charge is 2.28. The van der Waals surface area contributed by atoms with Crippen LogP contribution in [-0.4, -0.2) is 44.6 Å². The molecule has 1 saturated heterocycles. The van der Waals surface area contributed by atoms with E-state index in [1.54, 1.807) is 0 Å².